The molecule has 0 aliphatic heterocycles. The van der Waals surface area contributed by atoms with Crippen LogP contribution >= 0.6 is 11.3 Å². The number of thiazole rings is 1. The van der Waals surface area contributed by atoms with E-state index in [1.165, 1.54) is 6.20 Å². The summed E-state index contributed by atoms with van der Waals surface area (Å²) in [5.41, 5.74) is 6.15. The van der Waals surface area contributed by atoms with Crippen LogP contribution < -0.4 is 15.9 Å². The van der Waals surface area contributed by atoms with Gasteiger partial charge in [-0.2, -0.15) is 4.99 Å². The largest absolute Gasteiger partial charge is 0.465 e. The van der Waals surface area contributed by atoms with Crippen LogP contribution in [-0.4, -0.2) is 49.1 Å². The van der Waals surface area contributed by atoms with E-state index >= 15 is 0 Å². The Morgan fingerprint density at radius 2 is 2.13 bits per heavy atom. The minimum atomic E-state index is -1.14. The molecule has 0 aliphatic rings. The van der Waals surface area contributed by atoms with Crippen molar-refractivity contribution < 1.29 is 23.9 Å². The predicted octanol–water partition coefficient (Wildman–Crippen LogP) is 1.02. The first-order valence-corrected chi connectivity index (χ1v) is 9.95. The number of aromatic nitrogens is 4. The van der Waals surface area contributed by atoms with E-state index in [-0.39, 0.29) is 29.3 Å². The van der Waals surface area contributed by atoms with Crippen molar-refractivity contribution in [3.8, 4) is 0 Å². The SMILES string of the molecule is CCc1nc(C)oc1C(=O)/N=c1\sc2nc(C(N)=O)cnc2n1C/C=C/CNC(=O)O. The summed E-state index contributed by atoms with van der Waals surface area (Å²) in [7, 11) is 0. The van der Waals surface area contributed by atoms with E-state index in [0.29, 0.717) is 28.5 Å². The van der Waals surface area contributed by atoms with Crippen LogP contribution in [0.5, 0.6) is 0 Å². The van der Waals surface area contributed by atoms with Gasteiger partial charge in [-0.15, -0.1) is 0 Å². The molecule has 0 saturated carbocycles. The molecule has 13 heteroatoms. The number of aryl methyl sites for hydroxylation is 2. The summed E-state index contributed by atoms with van der Waals surface area (Å²) >= 11 is 1.06. The molecule has 3 amide bonds. The Balaban J connectivity index is 2.05. The Morgan fingerprint density at radius 1 is 1.35 bits per heavy atom. The van der Waals surface area contributed by atoms with Gasteiger partial charge in [0.25, 0.3) is 5.91 Å². The highest BCUT2D eigenvalue weighted by Gasteiger charge is 2.19. The van der Waals surface area contributed by atoms with Gasteiger partial charge in [0.2, 0.25) is 5.76 Å². The summed E-state index contributed by atoms with van der Waals surface area (Å²) in [4.78, 5) is 52.1. The van der Waals surface area contributed by atoms with E-state index < -0.39 is 17.9 Å². The maximum Gasteiger partial charge on any atom is 0.404 e. The van der Waals surface area contributed by atoms with E-state index in [1.807, 2.05) is 6.92 Å². The van der Waals surface area contributed by atoms with Crippen molar-refractivity contribution in [1.82, 2.24) is 24.8 Å². The highest BCUT2D eigenvalue weighted by molar-refractivity contribution is 7.15. The molecule has 3 heterocycles. The molecule has 0 radical (unpaired) electrons. The van der Waals surface area contributed by atoms with Crippen molar-refractivity contribution in [3.05, 3.63) is 46.2 Å². The maximum atomic E-state index is 12.7. The Morgan fingerprint density at radius 3 is 2.81 bits per heavy atom. The maximum absolute atomic E-state index is 12.7. The summed E-state index contributed by atoms with van der Waals surface area (Å²) in [6, 6.07) is 0. The van der Waals surface area contributed by atoms with Gasteiger partial charge in [-0.3, -0.25) is 14.2 Å². The Bertz CT molecular complexity index is 1250. The number of nitrogens with two attached hydrogens (primary N) is 1. The van der Waals surface area contributed by atoms with Gasteiger partial charge in [0.1, 0.15) is 5.69 Å². The number of hydrogen-bond donors (Lipinski definition) is 3. The number of nitrogens with zero attached hydrogens (tertiary/aromatic N) is 5. The molecule has 31 heavy (non-hydrogen) atoms. The number of rotatable bonds is 7. The van der Waals surface area contributed by atoms with Crippen LogP contribution in [-0.2, 0) is 13.0 Å². The van der Waals surface area contributed by atoms with Crippen LogP contribution in [0.4, 0.5) is 4.79 Å². The smallest absolute Gasteiger partial charge is 0.404 e. The van der Waals surface area contributed by atoms with Gasteiger partial charge in [-0.05, 0) is 6.42 Å². The van der Waals surface area contributed by atoms with Crippen LogP contribution in [0, 0.1) is 6.92 Å². The standard InChI is InChI=1S/C18H19N7O5S/c1-3-10-12(30-9(2)22-10)15(27)24-17-25(7-5-4-6-20-18(28)29)14-16(31-17)23-11(8-21-14)13(19)26/h4-5,8,20H,3,6-7H2,1-2H3,(H2,19,26)(H,28,29)/b5-4+,24-17-. The van der Waals surface area contributed by atoms with E-state index in [1.54, 1.807) is 23.6 Å². The van der Waals surface area contributed by atoms with Crippen molar-refractivity contribution in [1.29, 1.82) is 0 Å². The van der Waals surface area contributed by atoms with Gasteiger partial charge in [-0.25, -0.2) is 19.7 Å². The average Bonchev–Trinajstić information content (AvgIpc) is 3.26. The molecule has 0 aliphatic carbocycles. The van der Waals surface area contributed by atoms with E-state index in [9.17, 15) is 14.4 Å². The van der Waals surface area contributed by atoms with Crippen LogP contribution in [0.1, 0.15) is 39.6 Å². The molecule has 3 aromatic heterocycles. The Labute approximate surface area is 179 Å². The van der Waals surface area contributed by atoms with Gasteiger partial charge >= 0.3 is 12.0 Å². The van der Waals surface area contributed by atoms with Crippen molar-refractivity contribution >= 4 is 39.7 Å². The summed E-state index contributed by atoms with van der Waals surface area (Å²) in [5, 5.41) is 10.8. The number of carboxylic acid groups (broad SMARTS) is 1. The fourth-order valence-corrected chi connectivity index (χ4v) is 3.61. The minimum absolute atomic E-state index is 0.0147. The third-order valence-corrected chi connectivity index (χ3v) is 4.97. The molecule has 12 nitrogen and oxygen atoms in total. The number of nitrogens with one attached hydrogen (secondary N) is 1. The molecule has 0 saturated heterocycles. The van der Waals surface area contributed by atoms with Crippen molar-refractivity contribution in [2.75, 3.05) is 6.54 Å². The lowest BCUT2D eigenvalue weighted by Gasteiger charge is -2.01. The van der Waals surface area contributed by atoms with Gasteiger partial charge in [-0.1, -0.05) is 30.4 Å². The van der Waals surface area contributed by atoms with Crippen molar-refractivity contribution in [2.45, 2.75) is 26.8 Å². The first-order chi connectivity index (χ1) is 14.8. The molecule has 0 atom stereocenters. The molecule has 0 spiro atoms. The third kappa shape index (κ3) is 5.01. The number of carbonyl (C=O) groups excluding carboxylic acids is 2. The van der Waals surface area contributed by atoms with Gasteiger partial charge in [0.05, 0.1) is 11.9 Å². The molecule has 162 valence electrons. The summed E-state index contributed by atoms with van der Waals surface area (Å²) < 4.78 is 7.02. The normalized spacial score (nSPS) is 12.0. The highest BCUT2D eigenvalue weighted by Crippen LogP contribution is 2.15. The molecule has 0 bridgehead atoms. The fourth-order valence-electron chi connectivity index (χ4n) is 2.64. The fraction of sp³-hybridized carbons (Fsp3) is 0.278. The monoisotopic (exact) mass is 445 g/mol. The lowest BCUT2D eigenvalue weighted by Crippen LogP contribution is -2.21. The van der Waals surface area contributed by atoms with Gasteiger partial charge < -0.3 is 20.6 Å². The lowest BCUT2D eigenvalue weighted by atomic mass is 10.3. The van der Waals surface area contributed by atoms with Crippen LogP contribution in [0.15, 0.2) is 27.8 Å². The van der Waals surface area contributed by atoms with E-state index in [2.05, 4.69) is 25.3 Å². The van der Waals surface area contributed by atoms with Crippen molar-refractivity contribution in [3.63, 3.8) is 0 Å². The van der Waals surface area contributed by atoms with Crippen molar-refractivity contribution in [2.24, 2.45) is 10.7 Å². The number of oxazole rings is 1. The molecule has 3 aromatic rings. The third-order valence-electron chi connectivity index (χ3n) is 4.01. The number of hydrogen-bond acceptors (Lipinski definition) is 8. The second kappa shape index (κ2) is 9.30. The second-order valence-corrected chi connectivity index (χ2v) is 7.14. The Hall–Kier alpha value is -3.87. The molecular formula is C18H19N7O5S. The minimum Gasteiger partial charge on any atom is -0.465 e. The molecule has 0 fully saturated rings. The summed E-state index contributed by atoms with van der Waals surface area (Å²) in [6.07, 6.45) is 3.90. The number of primary amides is 1. The van der Waals surface area contributed by atoms with E-state index in [0.717, 1.165) is 11.3 Å². The van der Waals surface area contributed by atoms with Crippen LogP contribution in [0.25, 0.3) is 10.5 Å². The number of amides is 3. The predicted molar refractivity (Wildman–Crippen MR) is 110 cm³/mol. The highest BCUT2D eigenvalue weighted by atomic mass is 32.1. The number of fused-ring (bicyclic) bond motifs is 1. The zero-order valence-corrected chi connectivity index (χ0v) is 17.5. The summed E-state index contributed by atoms with van der Waals surface area (Å²) in [5.74, 6) is -0.912. The van der Waals surface area contributed by atoms with Crippen LogP contribution in [0.3, 0.4) is 0 Å². The van der Waals surface area contributed by atoms with E-state index in [4.69, 9.17) is 15.3 Å². The molecule has 3 rings (SSSR count). The topological polar surface area (TPSA) is 179 Å². The van der Waals surface area contributed by atoms with Gasteiger partial charge in [0, 0.05) is 20.0 Å². The zero-order valence-electron chi connectivity index (χ0n) is 16.7. The average molecular weight is 445 g/mol. The molecule has 4 N–H and O–H groups in total. The zero-order chi connectivity index (χ0) is 22.5. The Kier molecular flexibility index (Phi) is 6.55. The van der Waals surface area contributed by atoms with Gasteiger partial charge in [0.15, 0.2) is 21.2 Å². The first kappa shape index (κ1) is 21.8. The molecular weight excluding hydrogens is 426 g/mol. The quantitative estimate of drug-likeness (QED) is 0.451. The lowest BCUT2D eigenvalue weighted by molar-refractivity contribution is 0.0967. The summed E-state index contributed by atoms with van der Waals surface area (Å²) in [6.45, 7) is 3.83. The number of allylic oxidation sites excluding steroid dienone is 1. The first-order valence-electron chi connectivity index (χ1n) is 9.13. The number of carbonyl (C=O) groups is 3. The molecule has 0 unspecified atom stereocenters. The second-order valence-electron chi connectivity index (χ2n) is 6.18. The molecule has 0 aromatic carbocycles. The van der Waals surface area contributed by atoms with Crippen LogP contribution in [0.2, 0.25) is 0 Å².